The third kappa shape index (κ3) is 2.28. The molecule has 0 bridgehead atoms. The summed E-state index contributed by atoms with van der Waals surface area (Å²) in [5, 5.41) is 5.67. The van der Waals surface area contributed by atoms with Crippen LogP contribution in [-0.4, -0.2) is 12.1 Å². The Morgan fingerprint density at radius 2 is 2.43 bits per heavy atom. The van der Waals surface area contributed by atoms with E-state index in [1.165, 1.54) is 6.42 Å². The molecule has 1 aromatic rings. The molecule has 0 aromatic carbocycles. The van der Waals surface area contributed by atoms with Crippen LogP contribution < -0.4 is 10.6 Å². The van der Waals surface area contributed by atoms with Crippen molar-refractivity contribution in [2.45, 2.75) is 31.8 Å². The fourth-order valence-electron chi connectivity index (χ4n) is 1.36. The van der Waals surface area contributed by atoms with E-state index < -0.39 is 0 Å². The van der Waals surface area contributed by atoms with Gasteiger partial charge in [-0.25, -0.2) is 4.79 Å². The molecule has 0 unspecified atom stereocenters. The van der Waals surface area contributed by atoms with Crippen molar-refractivity contribution in [3.63, 3.8) is 0 Å². The number of amides is 2. The van der Waals surface area contributed by atoms with E-state index >= 15 is 0 Å². The van der Waals surface area contributed by atoms with Gasteiger partial charge in [-0.3, -0.25) is 0 Å². The first-order valence-electron chi connectivity index (χ1n) is 4.90. The van der Waals surface area contributed by atoms with Crippen LogP contribution >= 0.6 is 0 Å². The van der Waals surface area contributed by atoms with Crippen molar-refractivity contribution >= 4 is 6.03 Å². The molecule has 2 N–H and O–H groups in total. The molecule has 4 heteroatoms. The lowest BCUT2D eigenvalue weighted by Crippen LogP contribution is -2.44. The number of nitrogens with one attached hydrogen (secondary N) is 2. The van der Waals surface area contributed by atoms with Gasteiger partial charge in [0.1, 0.15) is 0 Å². The van der Waals surface area contributed by atoms with E-state index in [9.17, 15) is 4.79 Å². The first-order valence-corrected chi connectivity index (χ1v) is 4.90. The lowest BCUT2D eigenvalue weighted by molar-refractivity contribution is 0.228. The highest BCUT2D eigenvalue weighted by molar-refractivity contribution is 5.74. The first kappa shape index (κ1) is 9.12. The van der Waals surface area contributed by atoms with Gasteiger partial charge in [-0.15, -0.1) is 0 Å². The number of hydrogen-bond acceptors (Lipinski definition) is 2. The summed E-state index contributed by atoms with van der Waals surface area (Å²) in [5.41, 5.74) is 0.980. The molecule has 14 heavy (non-hydrogen) atoms. The maximum atomic E-state index is 11.3. The molecular weight excluding hydrogens is 180 g/mol. The summed E-state index contributed by atoms with van der Waals surface area (Å²) in [7, 11) is 0. The molecular formula is C10H14N2O2. The van der Waals surface area contributed by atoms with E-state index in [4.69, 9.17) is 4.42 Å². The quantitative estimate of drug-likeness (QED) is 0.768. The molecule has 1 fully saturated rings. The molecule has 4 nitrogen and oxygen atoms in total. The highest BCUT2D eigenvalue weighted by Gasteiger charge is 2.18. The second-order valence-corrected chi connectivity index (χ2v) is 3.59. The molecule has 0 spiro atoms. The van der Waals surface area contributed by atoms with Crippen molar-refractivity contribution in [1.29, 1.82) is 0 Å². The second kappa shape index (κ2) is 4.17. The number of rotatable bonds is 3. The molecule has 76 valence electrons. The lowest BCUT2D eigenvalue weighted by Gasteiger charge is -2.26. The highest BCUT2D eigenvalue weighted by Crippen LogP contribution is 2.17. The van der Waals surface area contributed by atoms with E-state index in [0.29, 0.717) is 12.6 Å². The Labute approximate surface area is 82.7 Å². The van der Waals surface area contributed by atoms with Gasteiger partial charge < -0.3 is 15.1 Å². The zero-order chi connectivity index (χ0) is 9.80. The van der Waals surface area contributed by atoms with Crippen LogP contribution in [0.4, 0.5) is 4.79 Å². The molecule has 0 saturated heterocycles. The third-order valence-corrected chi connectivity index (χ3v) is 2.47. The Morgan fingerprint density at radius 3 is 3.00 bits per heavy atom. The number of carbonyl (C=O) groups excluding carboxylic acids is 1. The van der Waals surface area contributed by atoms with Gasteiger partial charge in [-0.1, -0.05) is 0 Å². The van der Waals surface area contributed by atoms with Gasteiger partial charge in [-0.05, 0) is 25.3 Å². The van der Waals surface area contributed by atoms with Gasteiger partial charge in [0.25, 0.3) is 0 Å². The monoisotopic (exact) mass is 194 g/mol. The minimum absolute atomic E-state index is 0.0871. The summed E-state index contributed by atoms with van der Waals surface area (Å²) in [5.74, 6) is 0. The second-order valence-electron chi connectivity index (χ2n) is 3.59. The topological polar surface area (TPSA) is 54.3 Å². The van der Waals surface area contributed by atoms with Crippen LogP contribution in [0.15, 0.2) is 23.0 Å². The fraction of sp³-hybridized carbons (Fsp3) is 0.500. The summed E-state index contributed by atoms with van der Waals surface area (Å²) >= 11 is 0. The first-order chi connectivity index (χ1) is 6.84. The third-order valence-electron chi connectivity index (χ3n) is 2.47. The summed E-state index contributed by atoms with van der Waals surface area (Å²) < 4.78 is 4.89. The van der Waals surface area contributed by atoms with Crippen LogP contribution in [0, 0.1) is 0 Å². The minimum atomic E-state index is -0.0871. The zero-order valence-electron chi connectivity index (χ0n) is 7.95. The molecule has 0 atom stereocenters. The van der Waals surface area contributed by atoms with Crippen LogP contribution in [-0.2, 0) is 6.54 Å². The Kier molecular flexibility index (Phi) is 2.72. The van der Waals surface area contributed by atoms with Crippen molar-refractivity contribution in [2.75, 3.05) is 0 Å². The van der Waals surface area contributed by atoms with Crippen molar-refractivity contribution in [3.8, 4) is 0 Å². The van der Waals surface area contributed by atoms with Crippen molar-refractivity contribution in [2.24, 2.45) is 0 Å². The van der Waals surface area contributed by atoms with Crippen molar-refractivity contribution in [3.05, 3.63) is 24.2 Å². The summed E-state index contributed by atoms with van der Waals surface area (Å²) in [4.78, 5) is 11.3. The van der Waals surface area contributed by atoms with Crippen molar-refractivity contribution < 1.29 is 9.21 Å². The molecule has 1 aromatic heterocycles. The molecule has 1 aliphatic rings. The fourth-order valence-corrected chi connectivity index (χ4v) is 1.36. The molecule has 0 radical (unpaired) electrons. The van der Waals surface area contributed by atoms with E-state index in [-0.39, 0.29) is 6.03 Å². The smallest absolute Gasteiger partial charge is 0.315 e. The average Bonchev–Trinajstić information content (AvgIpc) is 2.60. The molecule has 0 aliphatic heterocycles. The zero-order valence-corrected chi connectivity index (χ0v) is 7.95. The van der Waals surface area contributed by atoms with Gasteiger partial charge in [0.15, 0.2) is 0 Å². The molecule has 1 saturated carbocycles. The summed E-state index contributed by atoms with van der Waals surface area (Å²) in [6.07, 6.45) is 6.68. The Morgan fingerprint density at radius 1 is 1.57 bits per heavy atom. The largest absolute Gasteiger partial charge is 0.472 e. The van der Waals surface area contributed by atoms with Gasteiger partial charge >= 0.3 is 6.03 Å². The van der Waals surface area contributed by atoms with Gasteiger partial charge in [-0.2, -0.15) is 0 Å². The van der Waals surface area contributed by atoms with Crippen LogP contribution in [0.25, 0.3) is 0 Å². The SMILES string of the molecule is O=C(NCc1ccoc1)NC1CCC1. The van der Waals surface area contributed by atoms with E-state index in [1.54, 1.807) is 12.5 Å². The predicted molar refractivity (Wildman–Crippen MR) is 51.7 cm³/mol. The van der Waals surface area contributed by atoms with E-state index in [0.717, 1.165) is 18.4 Å². The van der Waals surface area contributed by atoms with Gasteiger partial charge in [0.05, 0.1) is 12.5 Å². The predicted octanol–water partition coefficient (Wildman–Crippen LogP) is 1.63. The standard InChI is InChI=1S/C10H14N2O2/c13-10(12-9-2-1-3-9)11-6-8-4-5-14-7-8/h4-5,7,9H,1-3,6H2,(H2,11,12,13). The molecule has 1 aliphatic carbocycles. The average molecular weight is 194 g/mol. The molecule has 2 amide bonds. The van der Waals surface area contributed by atoms with E-state index in [1.807, 2.05) is 6.07 Å². The van der Waals surface area contributed by atoms with Gasteiger partial charge in [0.2, 0.25) is 0 Å². The maximum Gasteiger partial charge on any atom is 0.315 e. The normalized spacial score (nSPS) is 16.0. The number of carbonyl (C=O) groups is 1. The van der Waals surface area contributed by atoms with Gasteiger partial charge in [0, 0.05) is 18.2 Å². The van der Waals surface area contributed by atoms with Crippen molar-refractivity contribution in [1.82, 2.24) is 10.6 Å². The summed E-state index contributed by atoms with van der Waals surface area (Å²) in [6.45, 7) is 0.523. The number of furan rings is 1. The minimum Gasteiger partial charge on any atom is -0.472 e. The van der Waals surface area contributed by atoms with Crippen LogP contribution in [0.5, 0.6) is 0 Å². The summed E-state index contributed by atoms with van der Waals surface area (Å²) in [6, 6.07) is 2.14. The number of hydrogen-bond donors (Lipinski definition) is 2. The Hall–Kier alpha value is -1.45. The maximum absolute atomic E-state index is 11.3. The Bertz CT molecular complexity index is 291. The van der Waals surface area contributed by atoms with Crippen LogP contribution in [0.3, 0.4) is 0 Å². The van der Waals surface area contributed by atoms with E-state index in [2.05, 4.69) is 10.6 Å². The molecule has 2 rings (SSSR count). The Balaban J connectivity index is 1.67. The van der Waals surface area contributed by atoms with Crippen LogP contribution in [0.1, 0.15) is 24.8 Å². The lowest BCUT2D eigenvalue weighted by atomic mass is 9.93. The highest BCUT2D eigenvalue weighted by atomic mass is 16.3. The molecule has 1 heterocycles. The number of urea groups is 1. The van der Waals surface area contributed by atoms with Crippen LogP contribution in [0.2, 0.25) is 0 Å².